The second kappa shape index (κ2) is 7.95. The number of hydrogen-bond donors (Lipinski definition) is 0. The average Bonchev–Trinajstić information content (AvgIpc) is 3.36. The van der Waals surface area contributed by atoms with Gasteiger partial charge in [0, 0.05) is 52.4 Å². The van der Waals surface area contributed by atoms with Crippen molar-refractivity contribution in [2.24, 2.45) is 11.8 Å². The molecule has 2 saturated heterocycles. The number of rotatable bonds is 4. The van der Waals surface area contributed by atoms with E-state index < -0.39 is 0 Å². The van der Waals surface area contributed by atoms with Crippen LogP contribution in [0.3, 0.4) is 0 Å². The van der Waals surface area contributed by atoms with Crippen molar-refractivity contribution in [3.05, 3.63) is 24.2 Å². The molecule has 1 saturated carbocycles. The molecule has 3 heterocycles. The number of likely N-dealkylation sites (N-methyl/N-ethyl adjacent to an activating group) is 1. The Hall–Kier alpha value is -2.35. The first-order valence-electron chi connectivity index (χ1n) is 10.2. The van der Waals surface area contributed by atoms with Crippen molar-refractivity contribution in [3.8, 4) is 0 Å². The smallest absolute Gasteiger partial charge is 0.289 e. The zero-order chi connectivity index (χ0) is 19.7. The van der Waals surface area contributed by atoms with Gasteiger partial charge in [-0.15, -0.1) is 0 Å². The van der Waals surface area contributed by atoms with Gasteiger partial charge >= 0.3 is 0 Å². The highest BCUT2D eigenvalue weighted by Crippen LogP contribution is 2.41. The molecule has 8 nitrogen and oxygen atoms in total. The Morgan fingerprint density at radius 3 is 1.93 bits per heavy atom. The van der Waals surface area contributed by atoms with E-state index in [1.807, 2.05) is 4.90 Å². The van der Waals surface area contributed by atoms with Gasteiger partial charge in [0.15, 0.2) is 5.76 Å². The Kier molecular flexibility index (Phi) is 5.39. The minimum Gasteiger partial charge on any atom is -0.459 e. The van der Waals surface area contributed by atoms with Crippen LogP contribution >= 0.6 is 0 Å². The van der Waals surface area contributed by atoms with Crippen molar-refractivity contribution in [1.29, 1.82) is 0 Å². The number of amides is 3. The van der Waals surface area contributed by atoms with Crippen molar-refractivity contribution < 1.29 is 18.8 Å². The van der Waals surface area contributed by atoms with E-state index in [-0.39, 0.29) is 29.6 Å². The maximum absolute atomic E-state index is 12.8. The topological polar surface area (TPSA) is 77.3 Å². The van der Waals surface area contributed by atoms with Gasteiger partial charge in [-0.05, 0) is 25.1 Å². The molecule has 4 rings (SSSR count). The zero-order valence-electron chi connectivity index (χ0n) is 16.4. The van der Waals surface area contributed by atoms with E-state index in [0.717, 1.165) is 32.7 Å². The lowest BCUT2D eigenvalue weighted by molar-refractivity contribution is -0.139. The third-order valence-corrected chi connectivity index (χ3v) is 6.17. The molecule has 8 heteroatoms. The Labute approximate surface area is 165 Å². The molecule has 2 unspecified atom stereocenters. The normalized spacial score (nSPS) is 25.7. The summed E-state index contributed by atoms with van der Waals surface area (Å²) in [5.41, 5.74) is 0. The van der Waals surface area contributed by atoms with Gasteiger partial charge in [0.05, 0.1) is 18.1 Å². The molecule has 1 aromatic heterocycles. The van der Waals surface area contributed by atoms with Gasteiger partial charge in [-0.3, -0.25) is 14.4 Å². The van der Waals surface area contributed by atoms with Crippen LogP contribution < -0.4 is 0 Å². The third kappa shape index (κ3) is 3.78. The molecule has 3 fully saturated rings. The first-order chi connectivity index (χ1) is 13.6. The molecule has 2 atom stereocenters. The van der Waals surface area contributed by atoms with Crippen LogP contribution in [-0.4, -0.2) is 96.2 Å². The highest BCUT2D eigenvalue weighted by atomic mass is 16.3. The van der Waals surface area contributed by atoms with Gasteiger partial charge in [0.2, 0.25) is 11.8 Å². The number of nitrogens with zero attached hydrogens (tertiary/aromatic N) is 4. The van der Waals surface area contributed by atoms with Crippen LogP contribution in [0.2, 0.25) is 0 Å². The first kappa shape index (κ1) is 19.0. The molecular weight excluding hydrogens is 360 g/mol. The van der Waals surface area contributed by atoms with Crippen LogP contribution in [-0.2, 0) is 9.59 Å². The SMILES string of the molecule is CCN1CCN(C(=O)C2CC2C(=O)N2CCN(C(=O)c3ccco3)CC2)CC1. The second-order valence-corrected chi connectivity index (χ2v) is 7.80. The molecule has 3 amide bonds. The summed E-state index contributed by atoms with van der Waals surface area (Å²) in [5.74, 6) is 0.0717. The summed E-state index contributed by atoms with van der Waals surface area (Å²) in [6, 6.07) is 3.35. The van der Waals surface area contributed by atoms with Crippen molar-refractivity contribution in [2.75, 3.05) is 58.9 Å². The molecule has 0 bridgehead atoms. The first-order valence-corrected chi connectivity index (χ1v) is 10.2. The Morgan fingerprint density at radius 1 is 0.893 bits per heavy atom. The Balaban J connectivity index is 1.24. The standard InChI is InChI=1S/C20H28N4O4/c1-2-21-5-7-22(8-6-21)18(25)15-14-16(15)19(26)23-9-11-24(12-10-23)20(27)17-4-3-13-28-17/h3-4,13,15-16H,2,5-12,14H2,1H3. The summed E-state index contributed by atoms with van der Waals surface area (Å²) >= 11 is 0. The summed E-state index contributed by atoms with van der Waals surface area (Å²) in [7, 11) is 0. The summed E-state index contributed by atoms with van der Waals surface area (Å²) in [6.45, 7) is 8.52. The molecule has 1 aliphatic carbocycles. The molecule has 1 aromatic rings. The molecule has 0 spiro atoms. The van der Waals surface area contributed by atoms with E-state index in [1.54, 1.807) is 21.9 Å². The number of carbonyl (C=O) groups excluding carboxylic acids is 3. The van der Waals surface area contributed by atoms with Crippen LogP contribution in [0.15, 0.2) is 22.8 Å². The van der Waals surface area contributed by atoms with Gasteiger partial charge in [0.1, 0.15) is 0 Å². The fourth-order valence-electron chi connectivity index (χ4n) is 4.18. The number of furan rings is 1. The molecule has 3 aliphatic rings. The number of carbonyl (C=O) groups is 3. The summed E-state index contributed by atoms with van der Waals surface area (Å²) < 4.78 is 5.17. The monoisotopic (exact) mass is 388 g/mol. The van der Waals surface area contributed by atoms with E-state index in [0.29, 0.717) is 38.4 Å². The van der Waals surface area contributed by atoms with Gasteiger partial charge in [-0.1, -0.05) is 6.92 Å². The third-order valence-electron chi connectivity index (χ3n) is 6.17. The van der Waals surface area contributed by atoms with E-state index in [1.165, 1.54) is 6.26 Å². The molecular formula is C20H28N4O4. The van der Waals surface area contributed by atoms with Crippen molar-refractivity contribution in [1.82, 2.24) is 19.6 Å². The van der Waals surface area contributed by atoms with E-state index in [4.69, 9.17) is 4.42 Å². The highest BCUT2D eigenvalue weighted by molar-refractivity contribution is 5.93. The summed E-state index contributed by atoms with van der Waals surface area (Å²) in [4.78, 5) is 45.6. The van der Waals surface area contributed by atoms with Crippen LogP contribution in [0.1, 0.15) is 23.9 Å². The lowest BCUT2D eigenvalue weighted by atomic mass is 10.2. The van der Waals surface area contributed by atoms with E-state index >= 15 is 0 Å². The summed E-state index contributed by atoms with van der Waals surface area (Å²) in [6.07, 6.45) is 2.15. The predicted molar refractivity (Wildman–Crippen MR) is 101 cm³/mol. The zero-order valence-corrected chi connectivity index (χ0v) is 16.4. The van der Waals surface area contributed by atoms with E-state index in [2.05, 4.69) is 11.8 Å². The largest absolute Gasteiger partial charge is 0.459 e. The Bertz CT molecular complexity index is 719. The lowest BCUT2D eigenvalue weighted by Crippen LogP contribution is -2.51. The van der Waals surface area contributed by atoms with Crippen LogP contribution in [0.25, 0.3) is 0 Å². The highest BCUT2D eigenvalue weighted by Gasteiger charge is 2.51. The lowest BCUT2D eigenvalue weighted by Gasteiger charge is -2.35. The molecule has 0 aromatic carbocycles. The van der Waals surface area contributed by atoms with Crippen LogP contribution in [0.4, 0.5) is 0 Å². The summed E-state index contributed by atoms with van der Waals surface area (Å²) in [5, 5.41) is 0. The molecule has 0 N–H and O–H groups in total. The minimum absolute atomic E-state index is 0.0654. The minimum atomic E-state index is -0.177. The molecule has 0 radical (unpaired) electrons. The van der Waals surface area contributed by atoms with Crippen LogP contribution in [0, 0.1) is 11.8 Å². The Morgan fingerprint density at radius 2 is 1.43 bits per heavy atom. The molecule has 2 aliphatic heterocycles. The van der Waals surface area contributed by atoms with Crippen molar-refractivity contribution in [3.63, 3.8) is 0 Å². The van der Waals surface area contributed by atoms with Gasteiger partial charge < -0.3 is 24.0 Å². The van der Waals surface area contributed by atoms with Gasteiger partial charge in [0.25, 0.3) is 5.91 Å². The van der Waals surface area contributed by atoms with Crippen LogP contribution in [0.5, 0.6) is 0 Å². The quantitative estimate of drug-likeness (QED) is 0.745. The van der Waals surface area contributed by atoms with Crippen molar-refractivity contribution >= 4 is 17.7 Å². The number of piperazine rings is 2. The maximum Gasteiger partial charge on any atom is 0.289 e. The second-order valence-electron chi connectivity index (χ2n) is 7.80. The molecule has 152 valence electrons. The average molecular weight is 388 g/mol. The van der Waals surface area contributed by atoms with Gasteiger partial charge in [-0.25, -0.2) is 0 Å². The maximum atomic E-state index is 12.8. The van der Waals surface area contributed by atoms with E-state index in [9.17, 15) is 14.4 Å². The predicted octanol–water partition coefficient (Wildman–Crippen LogP) is 0.364. The van der Waals surface area contributed by atoms with Crippen molar-refractivity contribution in [2.45, 2.75) is 13.3 Å². The fraction of sp³-hybridized carbons (Fsp3) is 0.650. The molecule has 28 heavy (non-hydrogen) atoms. The number of hydrogen-bond acceptors (Lipinski definition) is 5. The fourth-order valence-corrected chi connectivity index (χ4v) is 4.18. The van der Waals surface area contributed by atoms with Gasteiger partial charge in [-0.2, -0.15) is 0 Å².